The number of ketones is 1. The Bertz CT molecular complexity index is 385. The molecule has 0 spiro atoms. The number of aliphatic hydroxyl groups is 1. The Morgan fingerprint density at radius 1 is 1.42 bits per heavy atom. The first kappa shape index (κ1) is 16.3. The van der Waals surface area contributed by atoms with E-state index in [4.69, 9.17) is 4.43 Å². The van der Waals surface area contributed by atoms with E-state index in [-0.39, 0.29) is 30.1 Å². The van der Waals surface area contributed by atoms with Gasteiger partial charge in [0.15, 0.2) is 13.9 Å². The smallest absolute Gasteiger partial charge is 0.338 e. The number of carbonyl (C=O) groups excluding carboxylic acids is 1. The minimum atomic E-state index is -2.23. The van der Waals surface area contributed by atoms with Gasteiger partial charge < -0.3 is 14.6 Å². The van der Waals surface area contributed by atoms with E-state index in [9.17, 15) is 19.8 Å². The lowest BCUT2D eigenvalue weighted by atomic mass is 9.82. The van der Waals surface area contributed by atoms with Crippen LogP contribution in [-0.2, 0) is 14.0 Å². The normalized spacial score (nSPS) is 29.4. The Kier molecular flexibility index (Phi) is 4.29. The molecule has 19 heavy (non-hydrogen) atoms. The lowest BCUT2D eigenvalue weighted by Crippen LogP contribution is -2.58. The number of hydrogen-bond donors (Lipinski definition) is 2. The maximum atomic E-state index is 11.6. The number of aliphatic carboxylic acids is 1. The summed E-state index contributed by atoms with van der Waals surface area (Å²) >= 11 is 0. The van der Waals surface area contributed by atoms with Gasteiger partial charge in [-0.15, -0.1) is 0 Å². The van der Waals surface area contributed by atoms with Gasteiger partial charge in [-0.25, -0.2) is 4.79 Å². The van der Waals surface area contributed by atoms with Crippen molar-refractivity contribution >= 4 is 20.1 Å². The van der Waals surface area contributed by atoms with Crippen LogP contribution in [0, 0.1) is 0 Å². The van der Waals surface area contributed by atoms with Crippen molar-refractivity contribution in [3.05, 3.63) is 0 Å². The fraction of sp³-hybridized carbons (Fsp3) is 0.846. The second-order valence-corrected chi connectivity index (χ2v) is 11.6. The van der Waals surface area contributed by atoms with E-state index in [1.165, 1.54) is 0 Å². The Hall–Kier alpha value is -0.723. The zero-order valence-electron chi connectivity index (χ0n) is 12.3. The van der Waals surface area contributed by atoms with Crippen molar-refractivity contribution in [3.63, 3.8) is 0 Å². The van der Waals surface area contributed by atoms with Gasteiger partial charge in [0, 0.05) is 12.8 Å². The number of Topliss-reactive ketones (excluding diaryl/α,β-unsaturated/α-hetero) is 1. The molecule has 1 saturated carbocycles. The molecule has 0 aromatic carbocycles. The predicted molar refractivity (Wildman–Crippen MR) is 73.5 cm³/mol. The quantitative estimate of drug-likeness (QED) is 0.775. The van der Waals surface area contributed by atoms with Gasteiger partial charge in [0.2, 0.25) is 0 Å². The van der Waals surface area contributed by atoms with Crippen LogP contribution in [0.1, 0.15) is 40.0 Å². The summed E-state index contributed by atoms with van der Waals surface area (Å²) < 4.78 is 5.98. The van der Waals surface area contributed by atoms with E-state index >= 15 is 0 Å². The molecule has 0 heterocycles. The van der Waals surface area contributed by atoms with Crippen molar-refractivity contribution in [2.24, 2.45) is 0 Å². The first-order valence-corrected chi connectivity index (χ1v) is 9.46. The third kappa shape index (κ3) is 3.24. The van der Waals surface area contributed by atoms with E-state index in [1.54, 1.807) is 0 Å². The molecule has 2 unspecified atom stereocenters. The molecule has 1 rings (SSSR count). The predicted octanol–water partition coefficient (Wildman–Crippen LogP) is 1.95. The third-order valence-corrected chi connectivity index (χ3v) is 8.83. The molecular formula is C13H24O5Si. The number of carboxylic acid groups (broad SMARTS) is 1. The molecule has 1 fully saturated rings. The lowest BCUT2D eigenvalue weighted by molar-refractivity contribution is -0.176. The molecule has 0 amide bonds. The maximum Gasteiger partial charge on any atom is 0.338 e. The van der Waals surface area contributed by atoms with Crippen LogP contribution in [0.5, 0.6) is 0 Å². The summed E-state index contributed by atoms with van der Waals surface area (Å²) in [6, 6.07) is 0. The first-order chi connectivity index (χ1) is 8.40. The van der Waals surface area contributed by atoms with Gasteiger partial charge in [-0.05, 0) is 24.6 Å². The van der Waals surface area contributed by atoms with Crippen LogP contribution < -0.4 is 0 Å². The molecule has 1 aliphatic rings. The fourth-order valence-corrected chi connectivity index (χ4v) is 3.23. The largest absolute Gasteiger partial charge is 0.479 e. The van der Waals surface area contributed by atoms with Crippen LogP contribution in [0.2, 0.25) is 18.1 Å². The standard InChI is InChI=1S/C13H24O5Si/c1-12(2,3)19(4,5)18-10-8-9(14)6-7-13(10,17)11(15)16/h10,17H,6-8H2,1-5H3,(H,15,16). The number of carbonyl (C=O) groups is 2. The van der Waals surface area contributed by atoms with Crippen LogP contribution in [-0.4, -0.2) is 42.0 Å². The van der Waals surface area contributed by atoms with Crippen molar-refractivity contribution in [1.29, 1.82) is 0 Å². The van der Waals surface area contributed by atoms with Crippen LogP contribution in [0.4, 0.5) is 0 Å². The summed E-state index contributed by atoms with van der Waals surface area (Å²) in [5.74, 6) is -1.35. The molecule has 0 aromatic heterocycles. The molecule has 0 bridgehead atoms. The van der Waals surface area contributed by atoms with Crippen molar-refractivity contribution in [3.8, 4) is 0 Å². The molecule has 1 aliphatic carbocycles. The molecule has 2 atom stereocenters. The van der Waals surface area contributed by atoms with Gasteiger partial charge in [0.05, 0.1) is 6.10 Å². The second kappa shape index (κ2) is 4.99. The van der Waals surface area contributed by atoms with E-state index in [1.807, 2.05) is 33.9 Å². The molecule has 110 valence electrons. The number of rotatable bonds is 3. The van der Waals surface area contributed by atoms with Gasteiger partial charge in [0.1, 0.15) is 5.78 Å². The van der Waals surface area contributed by atoms with Gasteiger partial charge in [0.25, 0.3) is 0 Å². The summed E-state index contributed by atoms with van der Waals surface area (Å²) in [6.45, 7) is 10.1. The topological polar surface area (TPSA) is 83.8 Å². The maximum absolute atomic E-state index is 11.6. The highest BCUT2D eigenvalue weighted by Gasteiger charge is 2.52. The summed E-state index contributed by atoms with van der Waals surface area (Å²) in [5, 5.41) is 19.4. The van der Waals surface area contributed by atoms with Crippen molar-refractivity contribution in [2.75, 3.05) is 0 Å². The average molecular weight is 288 g/mol. The molecule has 0 saturated heterocycles. The summed E-state index contributed by atoms with van der Waals surface area (Å²) in [7, 11) is -2.23. The van der Waals surface area contributed by atoms with E-state index in [0.717, 1.165) is 0 Å². The SMILES string of the molecule is CC(C)(C)[Si](C)(C)OC1CC(=O)CCC1(O)C(=O)O. The lowest BCUT2D eigenvalue weighted by Gasteiger charge is -2.44. The summed E-state index contributed by atoms with van der Waals surface area (Å²) in [5.41, 5.74) is -1.94. The Labute approximate surface area is 115 Å². The molecule has 6 heteroatoms. The zero-order valence-corrected chi connectivity index (χ0v) is 13.3. The van der Waals surface area contributed by atoms with Gasteiger partial charge in [-0.2, -0.15) is 0 Å². The van der Waals surface area contributed by atoms with Crippen molar-refractivity contribution in [1.82, 2.24) is 0 Å². The van der Waals surface area contributed by atoms with E-state index in [2.05, 4.69) is 0 Å². The van der Waals surface area contributed by atoms with Gasteiger partial charge in [-0.3, -0.25) is 4.79 Å². The summed E-state index contributed by atoms with van der Waals surface area (Å²) in [4.78, 5) is 22.9. The highest BCUT2D eigenvalue weighted by atomic mass is 28.4. The second-order valence-electron chi connectivity index (χ2n) is 6.84. The van der Waals surface area contributed by atoms with E-state index < -0.39 is 26.0 Å². The Morgan fingerprint density at radius 3 is 2.37 bits per heavy atom. The van der Waals surface area contributed by atoms with Crippen LogP contribution in [0.25, 0.3) is 0 Å². The fourth-order valence-electron chi connectivity index (χ4n) is 1.88. The minimum absolute atomic E-state index is 0.0185. The molecule has 0 aromatic rings. The highest BCUT2D eigenvalue weighted by Crippen LogP contribution is 2.40. The van der Waals surface area contributed by atoms with Gasteiger partial charge >= 0.3 is 5.97 Å². The van der Waals surface area contributed by atoms with Gasteiger partial charge in [-0.1, -0.05) is 20.8 Å². The Morgan fingerprint density at radius 2 is 1.95 bits per heavy atom. The first-order valence-electron chi connectivity index (χ1n) is 6.55. The molecule has 0 aliphatic heterocycles. The number of hydrogen-bond acceptors (Lipinski definition) is 4. The van der Waals surface area contributed by atoms with Crippen molar-refractivity contribution < 1.29 is 24.2 Å². The van der Waals surface area contributed by atoms with Crippen LogP contribution in [0.15, 0.2) is 0 Å². The van der Waals surface area contributed by atoms with Crippen LogP contribution in [0.3, 0.4) is 0 Å². The number of carboxylic acids is 1. The van der Waals surface area contributed by atoms with Crippen molar-refractivity contribution in [2.45, 2.75) is 69.9 Å². The monoisotopic (exact) mass is 288 g/mol. The zero-order chi connectivity index (χ0) is 15.1. The molecule has 2 N–H and O–H groups in total. The van der Waals surface area contributed by atoms with Crippen LogP contribution >= 0.6 is 0 Å². The average Bonchev–Trinajstić information content (AvgIpc) is 2.21. The minimum Gasteiger partial charge on any atom is -0.479 e. The molecular weight excluding hydrogens is 264 g/mol. The van der Waals surface area contributed by atoms with E-state index in [0.29, 0.717) is 0 Å². The third-order valence-electron chi connectivity index (χ3n) is 4.34. The molecule has 5 nitrogen and oxygen atoms in total. The molecule has 0 radical (unpaired) electrons. The Balaban J connectivity index is 3.00. The highest BCUT2D eigenvalue weighted by molar-refractivity contribution is 6.74. The summed E-state index contributed by atoms with van der Waals surface area (Å²) in [6.07, 6.45) is -0.928.